The van der Waals surface area contributed by atoms with Crippen molar-refractivity contribution >= 4 is 17.3 Å². The number of methoxy groups -OCH3 is 1. The average Bonchev–Trinajstić information content (AvgIpc) is 3.06. The van der Waals surface area contributed by atoms with Gasteiger partial charge in [0.2, 0.25) is 0 Å². The van der Waals surface area contributed by atoms with Crippen LogP contribution in [0.4, 0.5) is 0 Å². The van der Waals surface area contributed by atoms with Crippen molar-refractivity contribution in [3.8, 4) is 11.5 Å². The molecule has 2 aromatic rings. The van der Waals surface area contributed by atoms with Gasteiger partial charge in [-0.05, 0) is 31.5 Å². The number of phenolic OH excluding ortho intramolecular Hbond substituents is 1. The molecule has 5 nitrogen and oxygen atoms in total. The molecule has 0 aliphatic rings. The molecule has 24 heavy (non-hydrogen) atoms. The molecular formula is C18H25N3O2S. The predicted octanol–water partition coefficient (Wildman–Crippen LogP) is 3.28. The summed E-state index contributed by atoms with van der Waals surface area (Å²) in [5, 5.41) is 16.7. The third-order valence-corrected chi connectivity index (χ3v) is 4.78. The largest absolute Gasteiger partial charge is 0.504 e. The van der Waals surface area contributed by atoms with Crippen LogP contribution in [-0.2, 0) is 19.5 Å². The highest BCUT2D eigenvalue weighted by Crippen LogP contribution is 2.29. The Morgan fingerprint density at radius 3 is 2.62 bits per heavy atom. The number of benzene rings is 1. The lowest BCUT2D eigenvalue weighted by molar-refractivity contribution is 0.370. The van der Waals surface area contributed by atoms with Crippen molar-refractivity contribution in [2.45, 2.75) is 33.4 Å². The van der Waals surface area contributed by atoms with Gasteiger partial charge in [0.05, 0.1) is 20.2 Å². The molecule has 0 unspecified atom stereocenters. The summed E-state index contributed by atoms with van der Waals surface area (Å²) in [6, 6.07) is 9.74. The molecule has 1 aromatic heterocycles. The number of rotatable bonds is 7. The minimum atomic E-state index is 0.144. The molecule has 0 fully saturated rings. The molecule has 1 aromatic carbocycles. The van der Waals surface area contributed by atoms with Crippen LogP contribution in [0.2, 0.25) is 0 Å². The molecule has 1 heterocycles. The van der Waals surface area contributed by atoms with Crippen LogP contribution in [0.3, 0.4) is 0 Å². The van der Waals surface area contributed by atoms with Gasteiger partial charge in [-0.3, -0.25) is 0 Å². The molecule has 0 bridgehead atoms. The van der Waals surface area contributed by atoms with Crippen LogP contribution in [-0.4, -0.2) is 24.7 Å². The van der Waals surface area contributed by atoms with Crippen molar-refractivity contribution in [3.63, 3.8) is 0 Å². The summed E-state index contributed by atoms with van der Waals surface area (Å²) >= 11 is 1.81. The number of ether oxygens (including phenoxy) is 1. The Morgan fingerprint density at radius 1 is 1.17 bits per heavy atom. The Balaban J connectivity index is 2.02. The van der Waals surface area contributed by atoms with E-state index in [0.29, 0.717) is 12.3 Å². The monoisotopic (exact) mass is 347 g/mol. The Bertz CT molecular complexity index is 683. The number of thiophene rings is 1. The number of aryl methyl sites for hydroxylation is 1. The lowest BCUT2D eigenvalue weighted by Crippen LogP contribution is -2.36. The third kappa shape index (κ3) is 4.89. The van der Waals surface area contributed by atoms with Gasteiger partial charge >= 0.3 is 0 Å². The van der Waals surface area contributed by atoms with E-state index in [-0.39, 0.29) is 5.75 Å². The molecule has 0 aliphatic heterocycles. The standard InChI is InChI=1S/C18H25N3O2S/c1-4-14-9-10-15(24-14)12-21-18(19-5-2)20-11-13-7-6-8-16(23-3)17(13)22/h6-10,22H,4-5,11-12H2,1-3H3,(H2,19,20,21). The van der Waals surface area contributed by atoms with E-state index in [1.807, 2.05) is 30.4 Å². The number of nitrogens with one attached hydrogen (secondary N) is 2. The van der Waals surface area contributed by atoms with Crippen molar-refractivity contribution in [2.75, 3.05) is 13.7 Å². The van der Waals surface area contributed by atoms with Gasteiger partial charge in [0, 0.05) is 21.9 Å². The van der Waals surface area contributed by atoms with Gasteiger partial charge in [-0.15, -0.1) is 11.3 Å². The fourth-order valence-electron chi connectivity index (χ4n) is 2.24. The predicted molar refractivity (Wildman–Crippen MR) is 100 cm³/mol. The van der Waals surface area contributed by atoms with E-state index in [9.17, 15) is 5.11 Å². The van der Waals surface area contributed by atoms with Crippen molar-refractivity contribution in [2.24, 2.45) is 4.99 Å². The van der Waals surface area contributed by atoms with Crippen LogP contribution in [0.5, 0.6) is 11.5 Å². The number of phenols is 1. The van der Waals surface area contributed by atoms with Gasteiger partial charge in [0.1, 0.15) is 0 Å². The van der Waals surface area contributed by atoms with Gasteiger partial charge in [-0.1, -0.05) is 19.1 Å². The first kappa shape index (κ1) is 18.1. The molecular weight excluding hydrogens is 322 g/mol. The van der Waals surface area contributed by atoms with Crippen molar-refractivity contribution in [3.05, 3.63) is 45.6 Å². The second-order valence-electron chi connectivity index (χ2n) is 5.24. The number of guanidine groups is 1. The first-order valence-electron chi connectivity index (χ1n) is 8.12. The van der Waals surface area contributed by atoms with Gasteiger partial charge in [-0.25, -0.2) is 4.99 Å². The van der Waals surface area contributed by atoms with Crippen LogP contribution >= 0.6 is 11.3 Å². The van der Waals surface area contributed by atoms with Crippen LogP contribution in [0.25, 0.3) is 0 Å². The first-order valence-corrected chi connectivity index (χ1v) is 8.94. The molecule has 130 valence electrons. The Morgan fingerprint density at radius 2 is 1.96 bits per heavy atom. The summed E-state index contributed by atoms with van der Waals surface area (Å²) < 4.78 is 5.13. The topological polar surface area (TPSA) is 65.9 Å². The summed E-state index contributed by atoms with van der Waals surface area (Å²) in [4.78, 5) is 7.21. The van der Waals surface area contributed by atoms with E-state index < -0.39 is 0 Å². The normalized spacial score (nSPS) is 11.4. The highest BCUT2D eigenvalue weighted by Gasteiger charge is 2.07. The average molecular weight is 347 g/mol. The van der Waals surface area contributed by atoms with Gasteiger partial charge in [0.25, 0.3) is 0 Å². The quantitative estimate of drug-likeness (QED) is 0.531. The molecule has 0 saturated heterocycles. The molecule has 0 radical (unpaired) electrons. The summed E-state index contributed by atoms with van der Waals surface area (Å²) in [7, 11) is 1.54. The Kier molecular flexibility index (Phi) is 6.93. The number of aromatic hydroxyl groups is 1. The smallest absolute Gasteiger partial charge is 0.191 e. The minimum absolute atomic E-state index is 0.144. The number of hydrogen-bond acceptors (Lipinski definition) is 4. The van der Waals surface area contributed by atoms with E-state index >= 15 is 0 Å². The van der Waals surface area contributed by atoms with E-state index in [4.69, 9.17) is 4.74 Å². The van der Waals surface area contributed by atoms with Crippen LogP contribution in [0.1, 0.15) is 29.2 Å². The molecule has 0 aliphatic carbocycles. The molecule has 3 N–H and O–H groups in total. The lowest BCUT2D eigenvalue weighted by Gasteiger charge is -2.11. The van der Waals surface area contributed by atoms with Crippen molar-refractivity contribution < 1.29 is 9.84 Å². The van der Waals surface area contributed by atoms with Crippen LogP contribution < -0.4 is 15.4 Å². The van der Waals surface area contributed by atoms with E-state index in [2.05, 4.69) is 34.7 Å². The maximum Gasteiger partial charge on any atom is 0.191 e. The first-order chi connectivity index (χ1) is 11.7. The fraction of sp³-hybridized carbons (Fsp3) is 0.389. The van der Waals surface area contributed by atoms with Crippen LogP contribution in [0, 0.1) is 0 Å². The maximum absolute atomic E-state index is 10.1. The number of hydrogen-bond donors (Lipinski definition) is 3. The molecule has 0 spiro atoms. The van der Waals surface area contributed by atoms with Gasteiger partial charge in [-0.2, -0.15) is 0 Å². The number of para-hydroxylation sites is 1. The minimum Gasteiger partial charge on any atom is -0.504 e. The van der Waals surface area contributed by atoms with Gasteiger partial charge in [0.15, 0.2) is 17.5 Å². The second-order valence-corrected chi connectivity index (χ2v) is 6.49. The van der Waals surface area contributed by atoms with E-state index in [0.717, 1.165) is 31.0 Å². The van der Waals surface area contributed by atoms with Crippen molar-refractivity contribution in [1.29, 1.82) is 0 Å². The zero-order valence-corrected chi connectivity index (χ0v) is 15.2. The van der Waals surface area contributed by atoms with E-state index in [1.54, 1.807) is 13.2 Å². The maximum atomic E-state index is 10.1. The summed E-state index contributed by atoms with van der Waals surface area (Å²) in [6.07, 6.45) is 1.06. The fourth-order valence-corrected chi connectivity index (χ4v) is 3.14. The van der Waals surface area contributed by atoms with Crippen LogP contribution in [0.15, 0.2) is 35.3 Å². The third-order valence-electron chi connectivity index (χ3n) is 3.55. The zero-order chi connectivity index (χ0) is 17.4. The van der Waals surface area contributed by atoms with E-state index in [1.165, 1.54) is 9.75 Å². The zero-order valence-electron chi connectivity index (χ0n) is 14.4. The lowest BCUT2D eigenvalue weighted by atomic mass is 10.2. The summed E-state index contributed by atoms with van der Waals surface area (Å²) in [5.74, 6) is 1.34. The Hall–Kier alpha value is -2.21. The Labute approximate surface area is 147 Å². The molecule has 0 amide bonds. The van der Waals surface area contributed by atoms with Crippen molar-refractivity contribution in [1.82, 2.24) is 10.6 Å². The van der Waals surface area contributed by atoms with Gasteiger partial charge < -0.3 is 20.5 Å². The number of nitrogens with zero attached hydrogens (tertiary/aromatic N) is 1. The molecule has 0 atom stereocenters. The number of aliphatic imine (C=N–C) groups is 1. The molecule has 2 rings (SSSR count). The molecule has 6 heteroatoms. The summed E-state index contributed by atoms with van der Waals surface area (Å²) in [5.41, 5.74) is 0.732. The SMILES string of the molecule is CCNC(=NCc1cccc(OC)c1O)NCc1ccc(CC)s1. The molecule has 0 saturated carbocycles. The second kappa shape index (κ2) is 9.17. The highest BCUT2D eigenvalue weighted by atomic mass is 32.1. The summed E-state index contributed by atoms with van der Waals surface area (Å²) in [6.45, 7) is 6.08. The highest BCUT2D eigenvalue weighted by molar-refractivity contribution is 7.11.